The molecule has 0 amide bonds. The molecule has 2 heteroatoms. The second-order valence-corrected chi connectivity index (χ2v) is 5.80. The van der Waals surface area contributed by atoms with Crippen molar-refractivity contribution in [2.24, 2.45) is 5.41 Å². The molecule has 0 heterocycles. The lowest BCUT2D eigenvalue weighted by Crippen LogP contribution is -2.11. The molecule has 2 nitrogen and oxygen atoms in total. The molecule has 0 saturated heterocycles. The first-order valence-electron chi connectivity index (χ1n) is 6.16. The lowest BCUT2D eigenvalue weighted by molar-refractivity contribution is 0.0697. The number of hydrogen-bond acceptors (Lipinski definition) is 1. The van der Waals surface area contributed by atoms with Crippen molar-refractivity contribution in [1.82, 2.24) is 0 Å². The van der Waals surface area contributed by atoms with Crippen LogP contribution in [0.3, 0.4) is 0 Å². The molecule has 0 aliphatic rings. The van der Waals surface area contributed by atoms with Gasteiger partial charge < -0.3 is 5.11 Å². The fourth-order valence-electron chi connectivity index (χ4n) is 2.13. The monoisotopic (exact) mass is 234 g/mol. The second-order valence-electron chi connectivity index (χ2n) is 5.80. The summed E-state index contributed by atoms with van der Waals surface area (Å²) in [7, 11) is 0. The summed E-state index contributed by atoms with van der Waals surface area (Å²) in [5.74, 6) is -0.349. The summed E-state index contributed by atoms with van der Waals surface area (Å²) >= 11 is 0. The number of aromatic carboxylic acids is 1. The maximum absolute atomic E-state index is 10.8. The predicted octanol–water partition coefficient (Wildman–Crippen LogP) is 4.31. The maximum Gasteiger partial charge on any atom is 0.335 e. The molecule has 0 aliphatic heterocycles. The van der Waals surface area contributed by atoms with Gasteiger partial charge in [0, 0.05) is 0 Å². The predicted molar refractivity (Wildman–Crippen MR) is 70.5 cm³/mol. The summed E-state index contributed by atoms with van der Waals surface area (Å²) in [6.07, 6.45) is 2.21. The van der Waals surface area contributed by atoms with Crippen LogP contribution < -0.4 is 0 Å². The Morgan fingerprint density at radius 2 is 1.76 bits per heavy atom. The van der Waals surface area contributed by atoms with E-state index in [1.807, 2.05) is 12.1 Å². The highest BCUT2D eigenvalue weighted by molar-refractivity contribution is 5.87. The summed E-state index contributed by atoms with van der Waals surface area (Å²) in [6, 6.07) is 7.29. The molecule has 0 radical (unpaired) electrons. The van der Waals surface area contributed by atoms with Crippen LogP contribution in [-0.2, 0) is 0 Å². The molecule has 1 rings (SSSR count). The number of carboxylic acid groups (broad SMARTS) is 1. The summed E-state index contributed by atoms with van der Waals surface area (Å²) in [5, 5.41) is 8.86. The molecule has 0 aliphatic carbocycles. The molecule has 0 saturated carbocycles. The summed E-state index contributed by atoms with van der Waals surface area (Å²) in [5.41, 5.74) is 1.90. The summed E-state index contributed by atoms with van der Waals surface area (Å²) in [4.78, 5) is 10.8. The van der Waals surface area contributed by atoms with E-state index in [9.17, 15) is 4.79 Å². The van der Waals surface area contributed by atoms with Crippen LogP contribution in [0, 0.1) is 5.41 Å². The van der Waals surface area contributed by atoms with Crippen molar-refractivity contribution in [1.29, 1.82) is 0 Å². The number of carbonyl (C=O) groups is 1. The number of hydrogen-bond donors (Lipinski definition) is 1. The quantitative estimate of drug-likeness (QED) is 0.842. The maximum atomic E-state index is 10.8. The topological polar surface area (TPSA) is 37.3 Å². The van der Waals surface area contributed by atoms with Crippen LogP contribution in [0.1, 0.15) is 62.4 Å². The smallest absolute Gasteiger partial charge is 0.335 e. The number of benzene rings is 1. The molecule has 1 N–H and O–H groups in total. The Morgan fingerprint density at radius 3 is 2.12 bits per heavy atom. The molecule has 0 spiro atoms. The number of rotatable bonds is 4. The van der Waals surface area contributed by atoms with E-state index in [1.165, 1.54) is 5.56 Å². The van der Waals surface area contributed by atoms with E-state index in [1.54, 1.807) is 12.1 Å². The molecule has 17 heavy (non-hydrogen) atoms. The molecular weight excluding hydrogens is 212 g/mol. The molecule has 94 valence electrons. The van der Waals surface area contributed by atoms with Gasteiger partial charge in [0.05, 0.1) is 5.56 Å². The lowest BCUT2D eigenvalue weighted by atomic mass is 9.80. The van der Waals surface area contributed by atoms with Gasteiger partial charge in [0.2, 0.25) is 0 Å². The van der Waals surface area contributed by atoms with Crippen LogP contribution >= 0.6 is 0 Å². The first kappa shape index (κ1) is 13.8. The van der Waals surface area contributed by atoms with E-state index in [-0.39, 0.29) is 0 Å². The minimum atomic E-state index is -0.861. The van der Waals surface area contributed by atoms with Gasteiger partial charge in [0.1, 0.15) is 0 Å². The standard InChI is InChI=1S/C15H22O2/c1-5-11(10-15(2,3)4)12-6-8-13(9-7-12)14(16)17/h6-9,11H,5,10H2,1-4H3,(H,16,17). The van der Waals surface area contributed by atoms with Gasteiger partial charge in [-0.05, 0) is 41.9 Å². The van der Waals surface area contributed by atoms with Gasteiger partial charge >= 0.3 is 5.97 Å². The second kappa shape index (κ2) is 5.35. The average Bonchev–Trinajstić information content (AvgIpc) is 2.25. The van der Waals surface area contributed by atoms with Crippen LogP contribution in [-0.4, -0.2) is 11.1 Å². The SMILES string of the molecule is CCC(CC(C)(C)C)c1ccc(C(=O)O)cc1. The van der Waals surface area contributed by atoms with Crippen molar-refractivity contribution in [3.05, 3.63) is 35.4 Å². The van der Waals surface area contributed by atoms with E-state index in [2.05, 4.69) is 27.7 Å². The van der Waals surface area contributed by atoms with Gasteiger partial charge in [0.25, 0.3) is 0 Å². The van der Waals surface area contributed by atoms with Crippen LogP contribution in [0.25, 0.3) is 0 Å². The van der Waals surface area contributed by atoms with Crippen molar-refractivity contribution in [3.8, 4) is 0 Å². The number of carboxylic acids is 1. The van der Waals surface area contributed by atoms with Gasteiger partial charge in [0.15, 0.2) is 0 Å². The van der Waals surface area contributed by atoms with Crippen molar-refractivity contribution in [2.75, 3.05) is 0 Å². The van der Waals surface area contributed by atoms with Crippen molar-refractivity contribution in [3.63, 3.8) is 0 Å². The van der Waals surface area contributed by atoms with E-state index in [0.29, 0.717) is 16.9 Å². The average molecular weight is 234 g/mol. The molecule has 0 aromatic heterocycles. The van der Waals surface area contributed by atoms with E-state index < -0.39 is 5.97 Å². The van der Waals surface area contributed by atoms with Crippen LogP contribution in [0.15, 0.2) is 24.3 Å². The molecule has 1 atom stereocenters. The summed E-state index contributed by atoms with van der Waals surface area (Å²) < 4.78 is 0. The third-order valence-electron chi connectivity index (χ3n) is 2.98. The highest BCUT2D eigenvalue weighted by Gasteiger charge is 2.19. The Balaban J connectivity index is 2.86. The van der Waals surface area contributed by atoms with Gasteiger partial charge in [-0.15, -0.1) is 0 Å². The highest BCUT2D eigenvalue weighted by Crippen LogP contribution is 2.33. The molecule has 1 aromatic rings. The van der Waals surface area contributed by atoms with Crippen LogP contribution in [0.4, 0.5) is 0 Å². The van der Waals surface area contributed by atoms with Crippen LogP contribution in [0.2, 0.25) is 0 Å². The Bertz CT molecular complexity index is 371. The zero-order chi connectivity index (χ0) is 13.1. The fraction of sp³-hybridized carbons (Fsp3) is 0.533. The molecular formula is C15H22O2. The first-order chi connectivity index (χ1) is 7.83. The Hall–Kier alpha value is -1.31. The third-order valence-corrected chi connectivity index (χ3v) is 2.98. The highest BCUT2D eigenvalue weighted by atomic mass is 16.4. The molecule has 1 aromatic carbocycles. The molecule has 0 bridgehead atoms. The van der Waals surface area contributed by atoms with Crippen LogP contribution in [0.5, 0.6) is 0 Å². The normalized spacial score (nSPS) is 13.4. The van der Waals surface area contributed by atoms with Gasteiger partial charge in [-0.1, -0.05) is 39.8 Å². The lowest BCUT2D eigenvalue weighted by Gasteiger charge is -2.25. The fourth-order valence-corrected chi connectivity index (χ4v) is 2.13. The largest absolute Gasteiger partial charge is 0.478 e. The van der Waals surface area contributed by atoms with Gasteiger partial charge in [-0.25, -0.2) is 4.79 Å². The minimum Gasteiger partial charge on any atom is -0.478 e. The minimum absolute atomic E-state index is 0.298. The first-order valence-corrected chi connectivity index (χ1v) is 6.16. The zero-order valence-corrected chi connectivity index (χ0v) is 11.2. The van der Waals surface area contributed by atoms with E-state index >= 15 is 0 Å². The summed E-state index contributed by atoms with van der Waals surface area (Å²) in [6.45, 7) is 8.89. The van der Waals surface area contributed by atoms with E-state index in [0.717, 1.165) is 12.8 Å². The van der Waals surface area contributed by atoms with Crippen molar-refractivity contribution < 1.29 is 9.90 Å². The Kier molecular flexibility index (Phi) is 4.33. The Labute approximate surface area is 104 Å². The molecule has 1 unspecified atom stereocenters. The van der Waals surface area contributed by atoms with Crippen molar-refractivity contribution in [2.45, 2.75) is 46.5 Å². The Morgan fingerprint density at radius 1 is 1.24 bits per heavy atom. The zero-order valence-electron chi connectivity index (χ0n) is 11.2. The van der Waals surface area contributed by atoms with E-state index in [4.69, 9.17) is 5.11 Å². The van der Waals surface area contributed by atoms with Gasteiger partial charge in [-0.3, -0.25) is 0 Å². The van der Waals surface area contributed by atoms with Crippen molar-refractivity contribution >= 4 is 5.97 Å². The molecule has 0 fully saturated rings. The third kappa shape index (κ3) is 4.22. The van der Waals surface area contributed by atoms with Gasteiger partial charge in [-0.2, -0.15) is 0 Å².